The quantitative estimate of drug-likeness (QED) is 0.674. The molecule has 0 aliphatic rings. The molecule has 0 fully saturated rings. The lowest BCUT2D eigenvalue weighted by atomic mass is 10.3. The lowest BCUT2D eigenvalue weighted by molar-refractivity contribution is 0.660. The summed E-state index contributed by atoms with van der Waals surface area (Å²) in [6.07, 6.45) is 3.52. The summed E-state index contributed by atoms with van der Waals surface area (Å²) >= 11 is 0. The molecule has 3 aromatic rings. The molecule has 3 rings (SSSR count). The van der Waals surface area contributed by atoms with Gasteiger partial charge >= 0.3 is 0 Å². The number of hydrogen-bond donors (Lipinski definition) is 1. The van der Waals surface area contributed by atoms with Crippen LogP contribution in [0.15, 0.2) is 36.8 Å². The van der Waals surface area contributed by atoms with Crippen LogP contribution in [0.1, 0.15) is 5.69 Å². The van der Waals surface area contributed by atoms with Gasteiger partial charge in [0.25, 0.3) is 0 Å². The van der Waals surface area contributed by atoms with Gasteiger partial charge in [-0.05, 0) is 12.1 Å². The first-order chi connectivity index (χ1) is 7.43. The lowest BCUT2D eigenvalue weighted by Crippen LogP contribution is -2.01. The average molecular weight is 199 g/mol. The van der Waals surface area contributed by atoms with Crippen LogP contribution in [0.5, 0.6) is 0 Å². The molecule has 0 radical (unpaired) electrons. The Morgan fingerprint density at radius 1 is 1.27 bits per heavy atom. The summed E-state index contributed by atoms with van der Waals surface area (Å²) in [4.78, 5) is 7.07. The molecule has 1 N–H and O–H groups in total. The summed E-state index contributed by atoms with van der Waals surface area (Å²) in [6, 6.07) is 7.88. The molecule has 0 spiro atoms. The second-order valence-electron chi connectivity index (χ2n) is 3.30. The van der Waals surface area contributed by atoms with Crippen molar-refractivity contribution in [3.8, 4) is 0 Å². The van der Waals surface area contributed by atoms with E-state index >= 15 is 0 Å². The number of aromatic nitrogens is 5. The fourth-order valence-corrected chi connectivity index (χ4v) is 1.56. The third-order valence-electron chi connectivity index (χ3n) is 2.29. The molecule has 5 nitrogen and oxygen atoms in total. The van der Waals surface area contributed by atoms with Crippen LogP contribution >= 0.6 is 0 Å². The van der Waals surface area contributed by atoms with Crippen molar-refractivity contribution in [3.05, 3.63) is 42.5 Å². The molecule has 0 aliphatic carbocycles. The van der Waals surface area contributed by atoms with Crippen molar-refractivity contribution in [3.63, 3.8) is 0 Å². The number of aromatic amines is 1. The molecule has 0 atom stereocenters. The van der Waals surface area contributed by atoms with E-state index in [2.05, 4.69) is 20.3 Å². The maximum atomic E-state index is 4.15. The van der Waals surface area contributed by atoms with E-state index in [0.29, 0.717) is 6.54 Å². The van der Waals surface area contributed by atoms with Crippen LogP contribution in [0.4, 0.5) is 0 Å². The summed E-state index contributed by atoms with van der Waals surface area (Å²) in [5.41, 5.74) is 2.89. The predicted octanol–water partition coefficient (Wildman–Crippen LogP) is 1.20. The fourth-order valence-electron chi connectivity index (χ4n) is 1.56. The van der Waals surface area contributed by atoms with Gasteiger partial charge in [-0.1, -0.05) is 17.3 Å². The molecule has 2 aromatic heterocycles. The van der Waals surface area contributed by atoms with Crippen LogP contribution in [-0.4, -0.2) is 25.0 Å². The van der Waals surface area contributed by atoms with Crippen LogP contribution in [0.25, 0.3) is 11.0 Å². The van der Waals surface area contributed by atoms with Crippen molar-refractivity contribution in [2.75, 3.05) is 0 Å². The molecule has 5 heteroatoms. The largest absolute Gasteiger partial charge is 0.351 e. The third-order valence-corrected chi connectivity index (χ3v) is 2.29. The van der Waals surface area contributed by atoms with Crippen LogP contribution in [-0.2, 0) is 6.54 Å². The molecule has 15 heavy (non-hydrogen) atoms. The highest BCUT2D eigenvalue weighted by molar-refractivity contribution is 5.73. The van der Waals surface area contributed by atoms with Gasteiger partial charge in [-0.2, -0.15) is 0 Å². The number of para-hydroxylation sites is 1. The molecule has 0 bridgehead atoms. The van der Waals surface area contributed by atoms with Crippen molar-refractivity contribution in [1.82, 2.24) is 25.0 Å². The van der Waals surface area contributed by atoms with E-state index in [1.807, 2.05) is 35.1 Å². The van der Waals surface area contributed by atoms with Gasteiger partial charge in [0.2, 0.25) is 0 Å². The number of benzene rings is 1. The number of imidazole rings is 1. The van der Waals surface area contributed by atoms with Crippen molar-refractivity contribution in [2.45, 2.75) is 6.54 Å². The Hall–Kier alpha value is -2.17. The summed E-state index contributed by atoms with van der Waals surface area (Å²) in [5.74, 6) is 0. The first-order valence-electron chi connectivity index (χ1n) is 4.69. The highest BCUT2D eigenvalue weighted by Gasteiger charge is 2.04. The molecule has 1 aromatic carbocycles. The van der Waals surface area contributed by atoms with E-state index in [-0.39, 0.29) is 0 Å². The monoisotopic (exact) mass is 199 g/mol. The zero-order valence-electron chi connectivity index (χ0n) is 7.96. The first-order valence-corrected chi connectivity index (χ1v) is 4.69. The van der Waals surface area contributed by atoms with E-state index in [4.69, 9.17) is 0 Å². The van der Waals surface area contributed by atoms with Crippen LogP contribution in [0.2, 0.25) is 0 Å². The summed E-state index contributed by atoms with van der Waals surface area (Å²) in [7, 11) is 0. The van der Waals surface area contributed by atoms with E-state index < -0.39 is 0 Å². The molecular weight excluding hydrogens is 190 g/mol. The molecule has 0 unspecified atom stereocenters. The summed E-state index contributed by atoms with van der Waals surface area (Å²) < 4.78 is 1.84. The van der Waals surface area contributed by atoms with Gasteiger partial charge in [0.05, 0.1) is 24.1 Å². The molecule has 0 saturated carbocycles. The molecular formula is C10H9N5. The minimum absolute atomic E-state index is 0.643. The van der Waals surface area contributed by atoms with Crippen molar-refractivity contribution >= 4 is 11.0 Å². The highest BCUT2D eigenvalue weighted by atomic mass is 15.4. The fraction of sp³-hybridized carbons (Fsp3) is 0.100. The van der Waals surface area contributed by atoms with E-state index in [0.717, 1.165) is 16.7 Å². The van der Waals surface area contributed by atoms with Crippen LogP contribution in [0, 0.1) is 0 Å². The number of fused-ring (bicyclic) bond motifs is 1. The van der Waals surface area contributed by atoms with Crippen molar-refractivity contribution < 1.29 is 0 Å². The van der Waals surface area contributed by atoms with Gasteiger partial charge in [-0.15, -0.1) is 5.10 Å². The average Bonchev–Trinajstić information content (AvgIpc) is 2.89. The van der Waals surface area contributed by atoms with Gasteiger partial charge in [0.15, 0.2) is 0 Å². The third kappa shape index (κ3) is 1.38. The molecule has 2 heterocycles. The highest BCUT2D eigenvalue weighted by Crippen LogP contribution is 2.10. The number of nitrogens with one attached hydrogen (secondary N) is 1. The minimum atomic E-state index is 0.643. The Labute approximate surface area is 85.8 Å². The topological polar surface area (TPSA) is 59.4 Å². The van der Waals surface area contributed by atoms with Gasteiger partial charge in [0, 0.05) is 6.20 Å². The Balaban J connectivity index is 2.05. The van der Waals surface area contributed by atoms with E-state index in [1.165, 1.54) is 0 Å². The number of nitrogens with zero attached hydrogens (tertiary/aromatic N) is 4. The van der Waals surface area contributed by atoms with Gasteiger partial charge in [-0.25, -0.2) is 9.67 Å². The summed E-state index contributed by atoms with van der Waals surface area (Å²) in [5, 5.41) is 8.16. The van der Waals surface area contributed by atoms with Crippen molar-refractivity contribution in [2.24, 2.45) is 0 Å². The maximum absolute atomic E-state index is 4.15. The molecule has 74 valence electrons. The standard InChI is InChI=1S/C10H9N5/c1-2-4-10-9(3-1)13-14-15(10)6-8-5-11-7-12-8/h1-5,7H,6H2,(H,11,12). The number of hydrogen-bond acceptors (Lipinski definition) is 3. The summed E-state index contributed by atoms with van der Waals surface area (Å²) in [6.45, 7) is 0.643. The molecule has 0 saturated heterocycles. The SMILES string of the molecule is c1ccc2c(c1)nnn2Cc1c[nH]cn1. The van der Waals surface area contributed by atoms with Crippen molar-refractivity contribution in [1.29, 1.82) is 0 Å². The van der Waals surface area contributed by atoms with Gasteiger partial charge in [-0.3, -0.25) is 0 Å². The molecule has 0 amide bonds. The Bertz CT molecular complexity index is 566. The minimum Gasteiger partial charge on any atom is -0.351 e. The zero-order valence-corrected chi connectivity index (χ0v) is 7.96. The Morgan fingerprint density at radius 3 is 3.07 bits per heavy atom. The molecule has 0 aliphatic heterocycles. The predicted molar refractivity (Wildman–Crippen MR) is 55.2 cm³/mol. The van der Waals surface area contributed by atoms with Crippen LogP contribution in [0.3, 0.4) is 0 Å². The van der Waals surface area contributed by atoms with Gasteiger partial charge < -0.3 is 4.98 Å². The zero-order chi connectivity index (χ0) is 10.1. The first kappa shape index (κ1) is 8.16. The lowest BCUT2D eigenvalue weighted by Gasteiger charge is -1.97. The Morgan fingerprint density at radius 2 is 2.20 bits per heavy atom. The van der Waals surface area contributed by atoms with Gasteiger partial charge in [0.1, 0.15) is 5.52 Å². The van der Waals surface area contributed by atoms with E-state index in [9.17, 15) is 0 Å². The number of H-pyrrole nitrogens is 1. The van der Waals surface area contributed by atoms with E-state index in [1.54, 1.807) is 6.33 Å². The number of rotatable bonds is 2. The smallest absolute Gasteiger partial charge is 0.113 e. The second kappa shape index (κ2) is 3.20. The Kier molecular flexibility index (Phi) is 1.74. The van der Waals surface area contributed by atoms with Crippen LogP contribution < -0.4 is 0 Å². The maximum Gasteiger partial charge on any atom is 0.113 e. The second-order valence-corrected chi connectivity index (χ2v) is 3.30. The normalized spacial score (nSPS) is 10.9.